The summed E-state index contributed by atoms with van der Waals surface area (Å²) >= 11 is 1.41. The topological polar surface area (TPSA) is 74.7 Å². The van der Waals surface area contributed by atoms with Crippen LogP contribution in [-0.4, -0.2) is 29.8 Å². The molecule has 0 bridgehead atoms. The molecule has 1 aliphatic rings. The van der Waals surface area contributed by atoms with Crippen molar-refractivity contribution < 1.29 is 18.3 Å². The fraction of sp³-hybridized carbons (Fsp3) is 0.312. The van der Waals surface area contributed by atoms with Crippen LogP contribution in [0, 0.1) is 5.92 Å². The van der Waals surface area contributed by atoms with Gasteiger partial charge in [-0.1, -0.05) is 44.2 Å². The van der Waals surface area contributed by atoms with Crippen molar-refractivity contribution in [2.75, 3.05) is 0 Å². The minimum atomic E-state index is -3.76. The average Bonchev–Trinajstić information content (AvgIpc) is 3.00. The Morgan fingerprint density at radius 2 is 1.91 bits per heavy atom. The number of thiophene rings is 1. The molecule has 0 saturated carbocycles. The van der Waals surface area contributed by atoms with E-state index in [9.17, 15) is 18.3 Å². The molecule has 0 amide bonds. The number of rotatable bonds is 4. The SMILES string of the molecule is CC(C)C(C(=O)O)N1Cc2sc(-c3ccccc3)cc2S1(=O)=O. The van der Waals surface area contributed by atoms with E-state index in [1.807, 2.05) is 30.3 Å². The number of carboxylic acid groups (broad SMARTS) is 1. The van der Waals surface area contributed by atoms with Gasteiger partial charge in [0.25, 0.3) is 0 Å². The molecule has 1 unspecified atom stereocenters. The Morgan fingerprint density at radius 1 is 1.26 bits per heavy atom. The van der Waals surface area contributed by atoms with E-state index in [0.717, 1.165) is 14.7 Å². The van der Waals surface area contributed by atoms with Crippen LogP contribution in [0.25, 0.3) is 10.4 Å². The van der Waals surface area contributed by atoms with E-state index in [-0.39, 0.29) is 17.4 Å². The van der Waals surface area contributed by atoms with Crippen molar-refractivity contribution in [1.82, 2.24) is 4.31 Å². The Hall–Kier alpha value is -1.70. The molecule has 0 fully saturated rings. The predicted molar refractivity (Wildman–Crippen MR) is 88.7 cm³/mol. The van der Waals surface area contributed by atoms with Crippen molar-refractivity contribution in [2.45, 2.75) is 31.3 Å². The summed E-state index contributed by atoms with van der Waals surface area (Å²) in [6, 6.07) is 10.2. The van der Waals surface area contributed by atoms with Gasteiger partial charge >= 0.3 is 5.97 Å². The lowest BCUT2D eigenvalue weighted by Crippen LogP contribution is -2.44. The minimum absolute atomic E-state index is 0.129. The van der Waals surface area contributed by atoms with Crippen LogP contribution in [0.1, 0.15) is 18.7 Å². The third kappa shape index (κ3) is 2.69. The van der Waals surface area contributed by atoms with Crippen LogP contribution in [0.2, 0.25) is 0 Å². The molecule has 1 N–H and O–H groups in total. The zero-order valence-electron chi connectivity index (χ0n) is 12.8. The highest BCUT2D eigenvalue weighted by Gasteiger charge is 2.44. The molecule has 0 aliphatic carbocycles. The highest BCUT2D eigenvalue weighted by molar-refractivity contribution is 7.89. The van der Waals surface area contributed by atoms with Crippen LogP contribution in [0.15, 0.2) is 41.3 Å². The zero-order chi connectivity index (χ0) is 16.8. The molecule has 7 heteroatoms. The molecular weight excluding hydrogens is 334 g/mol. The number of hydrogen-bond acceptors (Lipinski definition) is 4. The van der Waals surface area contributed by atoms with Gasteiger partial charge in [0.15, 0.2) is 0 Å². The van der Waals surface area contributed by atoms with Crippen molar-refractivity contribution in [3.05, 3.63) is 41.3 Å². The van der Waals surface area contributed by atoms with E-state index in [2.05, 4.69) is 0 Å². The molecule has 2 heterocycles. The van der Waals surface area contributed by atoms with Gasteiger partial charge < -0.3 is 5.11 Å². The Bertz CT molecular complexity index is 840. The Morgan fingerprint density at radius 3 is 2.43 bits per heavy atom. The molecule has 0 spiro atoms. The first kappa shape index (κ1) is 16.2. The van der Waals surface area contributed by atoms with Gasteiger partial charge in [-0.3, -0.25) is 4.79 Å². The smallest absolute Gasteiger partial charge is 0.322 e. The third-order valence-electron chi connectivity index (χ3n) is 3.91. The second-order valence-corrected chi connectivity index (χ2v) is 8.84. The number of nitrogens with zero attached hydrogens (tertiary/aromatic N) is 1. The number of carbonyl (C=O) groups is 1. The van der Waals surface area contributed by atoms with Crippen molar-refractivity contribution in [3.63, 3.8) is 0 Å². The van der Waals surface area contributed by atoms with Crippen molar-refractivity contribution in [1.29, 1.82) is 0 Å². The van der Waals surface area contributed by atoms with Gasteiger partial charge in [0.1, 0.15) is 6.04 Å². The first-order valence-electron chi connectivity index (χ1n) is 7.25. The Balaban J connectivity index is 2.01. The maximum absolute atomic E-state index is 12.7. The van der Waals surface area contributed by atoms with Crippen LogP contribution in [0.4, 0.5) is 0 Å². The fourth-order valence-corrected chi connectivity index (χ4v) is 6.29. The summed E-state index contributed by atoms with van der Waals surface area (Å²) in [5, 5.41) is 9.38. The molecule has 1 aliphatic heterocycles. The monoisotopic (exact) mass is 351 g/mol. The van der Waals surface area contributed by atoms with E-state index in [1.54, 1.807) is 19.9 Å². The number of benzene rings is 1. The number of carboxylic acids is 1. The van der Waals surface area contributed by atoms with Crippen molar-refractivity contribution in [2.24, 2.45) is 5.92 Å². The van der Waals surface area contributed by atoms with E-state index < -0.39 is 22.0 Å². The maximum Gasteiger partial charge on any atom is 0.322 e. The summed E-state index contributed by atoms with van der Waals surface area (Å²) in [6.07, 6.45) is 0. The molecule has 0 saturated heterocycles. The van der Waals surface area contributed by atoms with Crippen molar-refractivity contribution >= 4 is 27.3 Å². The quantitative estimate of drug-likeness (QED) is 0.919. The van der Waals surface area contributed by atoms with Crippen LogP contribution in [-0.2, 0) is 21.4 Å². The summed E-state index contributed by atoms with van der Waals surface area (Å²) < 4.78 is 26.6. The van der Waals surface area contributed by atoms with E-state index in [1.165, 1.54) is 11.3 Å². The summed E-state index contributed by atoms with van der Waals surface area (Å²) in [5.74, 6) is -1.41. The molecule has 3 rings (SSSR count). The standard InChI is InChI=1S/C16H17NO4S2/c1-10(2)15(16(18)19)17-9-13-14(23(17,20)21)8-12(22-13)11-6-4-3-5-7-11/h3-8,10,15H,9H2,1-2H3,(H,18,19). The molecule has 1 aromatic carbocycles. The lowest BCUT2D eigenvalue weighted by Gasteiger charge is -2.25. The van der Waals surface area contributed by atoms with Gasteiger partial charge in [-0.25, -0.2) is 8.42 Å². The summed E-state index contributed by atoms with van der Waals surface area (Å²) in [6.45, 7) is 3.57. The second-order valence-electron chi connectivity index (χ2n) is 5.84. The van der Waals surface area contributed by atoms with E-state index >= 15 is 0 Å². The number of aliphatic carboxylic acids is 1. The number of fused-ring (bicyclic) bond motifs is 1. The third-order valence-corrected chi connectivity index (χ3v) is 7.10. The van der Waals surface area contributed by atoms with E-state index in [0.29, 0.717) is 4.88 Å². The molecule has 0 radical (unpaired) electrons. The number of hydrogen-bond donors (Lipinski definition) is 1. The van der Waals surface area contributed by atoms with Crippen LogP contribution in [0.5, 0.6) is 0 Å². The summed E-state index contributed by atoms with van der Waals surface area (Å²) in [5.41, 5.74) is 0.965. The summed E-state index contributed by atoms with van der Waals surface area (Å²) in [7, 11) is -3.76. The predicted octanol–water partition coefficient (Wildman–Crippen LogP) is 3.03. The van der Waals surface area contributed by atoms with Crippen LogP contribution in [0.3, 0.4) is 0 Å². The average molecular weight is 351 g/mol. The largest absolute Gasteiger partial charge is 0.480 e. The van der Waals surface area contributed by atoms with Crippen LogP contribution < -0.4 is 0 Å². The van der Waals surface area contributed by atoms with Crippen molar-refractivity contribution in [3.8, 4) is 10.4 Å². The summed E-state index contributed by atoms with van der Waals surface area (Å²) in [4.78, 5) is 13.3. The highest BCUT2D eigenvalue weighted by Crippen LogP contribution is 2.42. The zero-order valence-corrected chi connectivity index (χ0v) is 14.4. The second kappa shape index (κ2) is 5.74. The molecule has 23 heavy (non-hydrogen) atoms. The lowest BCUT2D eigenvalue weighted by molar-refractivity contribution is -0.143. The molecular formula is C16H17NO4S2. The van der Waals surface area contributed by atoms with Gasteiger partial charge in [0.2, 0.25) is 10.0 Å². The number of sulfonamides is 1. The van der Waals surface area contributed by atoms with E-state index in [4.69, 9.17) is 0 Å². The first-order valence-corrected chi connectivity index (χ1v) is 9.51. The fourth-order valence-electron chi connectivity index (χ4n) is 2.83. The first-order chi connectivity index (χ1) is 10.8. The van der Waals surface area contributed by atoms with Crippen LogP contribution >= 0.6 is 11.3 Å². The molecule has 1 aromatic heterocycles. The van der Waals surface area contributed by atoms with Gasteiger partial charge in [0.05, 0.1) is 11.4 Å². The Labute approximate surface area is 139 Å². The van der Waals surface area contributed by atoms with Gasteiger partial charge in [-0.05, 0) is 17.5 Å². The Kier molecular flexibility index (Phi) is 4.03. The van der Waals surface area contributed by atoms with Gasteiger partial charge in [0, 0.05) is 9.75 Å². The molecule has 2 aromatic rings. The molecule has 1 atom stereocenters. The molecule has 5 nitrogen and oxygen atoms in total. The van der Waals surface area contributed by atoms with Gasteiger partial charge in [-0.15, -0.1) is 11.3 Å². The van der Waals surface area contributed by atoms with Gasteiger partial charge in [-0.2, -0.15) is 4.31 Å². The highest BCUT2D eigenvalue weighted by atomic mass is 32.2. The maximum atomic E-state index is 12.7. The normalized spacial score (nSPS) is 18.0. The lowest BCUT2D eigenvalue weighted by atomic mass is 10.1. The minimum Gasteiger partial charge on any atom is -0.480 e. The molecule has 122 valence electrons.